The molecule has 0 aliphatic heterocycles. The van der Waals surface area contributed by atoms with Crippen LogP contribution in [0.15, 0.2) is 76.4 Å². The predicted molar refractivity (Wildman–Crippen MR) is 96.0 cm³/mol. The van der Waals surface area contributed by atoms with Crippen LogP contribution in [0.5, 0.6) is 5.75 Å². The molecule has 0 atom stereocenters. The van der Waals surface area contributed by atoms with Crippen LogP contribution in [-0.2, 0) is 6.61 Å². The number of carbonyl (C=O) groups is 1. The molecule has 0 spiro atoms. The number of para-hydroxylation sites is 1. The van der Waals surface area contributed by atoms with Gasteiger partial charge in [-0.25, -0.2) is 5.43 Å². The van der Waals surface area contributed by atoms with Gasteiger partial charge in [-0.1, -0.05) is 35.9 Å². The lowest BCUT2D eigenvalue weighted by molar-refractivity contribution is 0.0927. The Morgan fingerprint density at radius 3 is 2.68 bits per heavy atom. The number of nitrogens with zero attached hydrogens (tertiary/aromatic N) is 1. The van der Waals surface area contributed by atoms with Crippen molar-refractivity contribution in [2.75, 3.05) is 0 Å². The van der Waals surface area contributed by atoms with Gasteiger partial charge < -0.3 is 9.15 Å². The Kier molecular flexibility index (Phi) is 5.49. The molecule has 6 heteroatoms. The van der Waals surface area contributed by atoms with E-state index in [1.807, 2.05) is 48.5 Å². The Labute approximate surface area is 149 Å². The molecule has 1 heterocycles. The molecule has 2 aromatic carbocycles. The molecule has 5 nitrogen and oxygen atoms in total. The van der Waals surface area contributed by atoms with Crippen LogP contribution in [0, 0.1) is 0 Å². The van der Waals surface area contributed by atoms with Crippen LogP contribution in [0.4, 0.5) is 0 Å². The van der Waals surface area contributed by atoms with E-state index in [1.54, 1.807) is 12.1 Å². The smallest absolute Gasteiger partial charge is 0.307 e. The number of hydrogen-bond donors (Lipinski definition) is 1. The van der Waals surface area contributed by atoms with Crippen molar-refractivity contribution in [2.24, 2.45) is 5.10 Å². The van der Waals surface area contributed by atoms with Crippen molar-refractivity contribution in [3.8, 4) is 5.75 Å². The van der Waals surface area contributed by atoms with Gasteiger partial charge in [0, 0.05) is 10.6 Å². The number of amides is 1. The lowest BCUT2D eigenvalue weighted by Gasteiger charge is -2.09. The number of hydrogen-bond acceptors (Lipinski definition) is 4. The summed E-state index contributed by atoms with van der Waals surface area (Å²) in [4.78, 5) is 11.8. The Bertz CT molecular complexity index is 859. The second-order valence-electron chi connectivity index (χ2n) is 5.13. The zero-order chi connectivity index (χ0) is 17.5. The first-order valence-electron chi connectivity index (χ1n) is 7.55. The molecule has 0 radical (unpaired) electrons. The maximum atomic E-state index is 11.8. The number of furan rings is 1. The van der Waals surface area contributed by atoms with Crippen LogP contribution in [-0.4, -0.2) is 12.1 Å². The highest BCUT2D eigenvalue weighted by Crippen LogP contribution is 2.18. The number of hydrazone groups is 1. The van der Waals surface area contributed by atoms with E-state index < -0.39 is 5.91 Å². The van der Waals surface area contributed by atoms with E-state index in [2.05, 4.69) is 10.5 Å². The van der Waals surface area contributed by atoms with E-state index in [0.717, 1.165) is 11.1 Å². The molecule has 1 N–H and O–H groups in total. The molecule has 0 aliphatic rings. The summed E-state index contributed by atoms with van der Waals surface area (Å²) in [5.74, 6) is 0.443. The number of halogens is 1. The summed E-state index contributed by atoms with van der Waals surface area (Å²) in [5, 5.41) is 4.63. The van der Waals surface area contributed by atoms with E-state index in [4.69, 9.17) is 20.8 Å². The summed E-state index contributed by atoms with van der Waals surface area (Å²) >= 11 is 5.87. The molecular weight excluding hydrogens is 340 g/mol. The second-order valence-corrected chi connectivity index (χ2v) is 5.57. The zero-order valence-corrected chi connectivity index (χ0v) is 13.9. The quantitative estimate of drug-likeness (QED) is 0.531. The van der Waals surface area contributed by atoms with Crippen LogP contribution >= 0.6 is 11.6 Å². The molecule has 25 heavy (non-hydrogen) atoms. The van der Waals surface area contributed by atoms with E-state index in [9.17, 15) is 4.79 Å². The molecule has 0 saturated heterocycles. The third-order valence-corrected chi connectivity index (χ3v) is 3.59. The molecule has 126 valence electrons. The minimum atomic E-state index is -0.416. The van der Waals surface area contributed by atoms with Crippen LogP contribution in [0.2, 0.25) is 5.02 Å². The molecule has 3 aromatic rings. The third-order valence-electron chi connectivity index (χ3n) is 3.34. The highest BCUT2D eigenvalue weighted by atomic mass is 35.5. The number of ether oxygens (including phenoxy) is 1. The standard InChI is InChI=1S/C19H15ClN2O3/c20-16-9-7-14(8-10-16)13-25-17-5-2-1-4-15(17)12-21-22-19(23)18-6-3-11-24-18/h1-12H,13H2,(H,22,23)/b21-12-. The van der Waals surface area contributed by atoms with Gasteiger partial charge in [-0.15, -0.1) is 0 Å². The van der Waals surface area contributed by atoms with Crippen molar-refractivity contribution < 1.29 is 13.9 Å². The monoisotopic (exact) mass is 354 g/mol. The van der Waals surface area contributed by atoms with Gasteiger partial charge in [0.05, 0.1) is 12.5 Å². The Balaban J connectivity index is 1.63. The molecule has 0 bridgehead atoms. The lowest BCUT2D eigenvalue weighted by atomic mass is 10.2. The highest BCUT2D eigenvalue weighted by Gasteiger charge is 2.06. The molecule has 1 amide bonds. The molecular formula is C19H15ClN2O3. The minimum absolute atomic E-state index is 0.199. The second kappa shape index (κ2) is 8.17. The van der Waals surface area contributed by atoms with Gasteiger partial charge in [0.1, 0.15) is 12.4 Å². The van der Waals surface area contributed by atoms with Gasteiger partial charge in [0.2, 0.25) is 0 Å². The van der Waals surface area contributed by atoms with Crippen molar-refractivity contribution in [3.05, 3.63) is 88.8 Å². The first kappa shape index (κ1) is 16.8. The first-order chi connectivity index (χ1) is 12.2. The van der Waals surface area contributed by atoms with Crippen molar-refractivity contribution in [3.63, 3.8) is 0 Å². The maximum absolute atomic E-state index is 11.8. The summed E-state index contributed by atoms with van der Waals surface area (Å²) in [6, 6.07) is 18.1. The van der Waals surface area contributed by atoms with E-state index >= 15 is 0 Å². The van der Waals surface area contributed by atoms with E-state index in [0.29, 0.717) is 17.4 Å². The molecule has 0 saturated carbocycles. The van der Waals surface area contributed by atoms with E-state index in [1.165, 1.54) is 12.5 Å². The number of benzene rings is 2. The first-order valence-corrected chi connectivity index (χ1v) is 7.93. The third kappa shape index (κ3) is 4.71. The summed E-state index contributed by atoms with van der Waals surface area (Å²) in [5.41, 5.74) is 4.16. The van der Waals surface area contributed by atoms with E-state index in [-0.39, 0.29) is 5.76 Å². The number of carbonyl (C=O) groups excluding carboxylic acids is 1. The summed E-state index contributed by atoms with van der Waals surface area (Å²) in [7, 11) is 0. The van der Waals surface area contributed by atoms with Crippen molar-refractivity contribution >= 4 is 23.7 Å². The minimum Gasteiger partial charge on any atom is -0.488 e. The van der Waals surface area contributed by atoms with Gasteiger partial charge in [-0.05, 0) is 42.0 Å². The Morgan fingerprint density at radius 1 is 1.12 bits per heavy atom. The van der Waals surface area contributed by atoms with Crippen LogP contribution in [0.25, 0.3) is 0 Å². The summed E-state index contributed by atoms with van der Waals surface area (Å²) in [6.45, 7) is 0.404. The Morgan fingerprint density at radius 2 is 1.92 bits per heavy atom. The molecule has 0 fully saturated rings. The molecule has 3 rings (SSSR count). The largest absolute Gasteiger partial charge is 0.488 e. The summed E-state index contributed by atoms with van der Waals surface area (Å²) < 4.78 is 10.8. The van der Waals surface area contributed by atoms with Crippen molar-refractivity contribution in [1.29, 1.82) is 0 Å². The average Bonchev–Trinajstić information content (AvgIpc) is 3.17. The average molecular weight is 355 g/mol. The van der Waals surface area contributed by atoms with Crippen LogP contribution in [0.1, 0.15) is 21.7 Å². The van der Waals surface area contributed by atoms with Gasteiger partial charge in [-0.2, -0.15) is 5.10 Å². The predicted octanol–water partition coefficient (Wildman–Crippen LogP) is 4.28. The molecule has 0 unspecified atom stereocenters. The summed E-state index contributed by atoms with van der Waals surface area (Å²) in [6.07, 6.45) is 2.95. The number of rotatable bonds is 6. The Hall–Kier alpha value is -3.05. The normalized spacial score (nSPS) is 10.8. The van der Waals surface area contributed by atoms with Crippen LogP contribution < -0.4 is 10.2 Å². The molecule has 1 aromatic heterocycles. The fraction of sp³-hybridized carbons (Fsp3) is 0.0526. The van der Waals surface area contributed by atoms with Crippen molar-refractivity contribution in [2.45, 2.75) is 6.61 Å². The van der Waals surface area contributed by atoms with Gasteiger partial charge >= 0.3 is 5.91 Å². The fourth-order valence-electron chi connectivity index (χ4n) is 2.08. The molecule has 0 aliphatic carbocycles. The van der Waals surface area contributed by atoms with Crippen molar-refractivity contribution in [1.82, 2.24) is 5.43 Å². The van der Waals surface area contributed by atoms with Gasteiger partial charge in [-0.3, -0.25) is 4.79 Å². The fourth-order valence-corrected chi connectivity index (χ4v) is 2.21. The lowest BCUT2D eigenvalue weighted by Crippen LogP contribution is -2.16. The van der Waals surface area contributed by atoms with Gasteiger partial charge in [0.15, 0.2) is 5.76 Å². The topological polar surface area (TPSA) is 63.8 Å². The van der Waals surface area contributed by atoms with Gasteiger partial charge in [0.25, 0.3) is 0 Å². The van der Waals surface area contributed by atoms with Crippen LogP contribution in [0.3, 0.4) is 0 Å². The maximum Gasteiger partial charge on any atom is 0.307 e. The highest BCUT2D eigenvalue weighted by molar-refractivity contribution is 6.30. The SMILES string of the molecule is O=C(N/N=C\c1ccccc1OCc1ccc(Cl)cc1)c1ccco1. The number of nitrogens with one attached hydrogen (secondary N) is 1. The zero-order valence-electron chi connectivity index (χ0n) is 13.2.